The summed E-state index contributed by atoms with van der Waals surface area (Å²) in [6.45, 7) is 5.63. The predicted octanol–water partition coefficient (Wildman–Crippen LogP) is 2.46. The van der Waals surface area contributed by atoms with Gasteiger partial charge in [-0.05, 0) is 44.9 Å². The van der Waals surface area contributed by atoms with Crippen molar-refractivity contribution >= 4 is 11.6 Å². The van der Waals surface area contributed by atoms with Crippen LogP contribution >= 0.6 is 0 Å². The Hall–Kier alpha value is -2.47. The number of aromatic nitrogens is 2. The molecule has 2 aliphatic rings. The molecule has 0 radical (unpaired) electrons. The number of aryl methyl sites for hydroxylation is 2. The van der Waals surface area contributed by atoms with Gasteiger partial charge >= 0.3 is 0 Å². The Morgan fingerprint density at radius 1 is 1.20 bits per heavy atom. The van der Waals surface area contributed by atoms with Crippen molar-refractivity contribution < 1.29 is 9.53 Å². The standard InChI is InChI=1S/C19H22N4O2/c1-11-18(12(2)22-10-21-11)16-7-14(23-19(24)13-3-4-13)5-6-17(16)25-15-8-20-9-15/h5-7,10,13,15,20H,3-4,8-9H2,1-2H3,(H,23,24). The molecule has 4 rings (SSSR count). The summed E-state index contributed by atoms with van der Waals surface area (Å²) in [7, 11) is 0. The summed E-state index contributed by atoms with van der Waals surface area (Å²) in [5, 5.41) is 6.23. The highest BCUT2D eigenvalue weighted by Crippen LogP contribution is 2.37. The number of benzene rings is 1. The average Bonchev–Trinajstić information content (AvgIpc) is 3.37. The SMILES string of the molecule is Cc1ncnc(C)c1-c1cc(NC(=O)C2CC2)ccc1OC1CNC1. The van der Waals surface area contributed by atoms with E-state index in [0.29, 0.717) is 0 Å². The number of amides is 1. The molecule has 2 fully saturated rings. The summed E-state index contributed by atoms with van der Waals surface area (Å²) in [5.74, 6) is 1.07. The third-order valence-electron chi connectivity index (χ3n) is 4.73. The molecule has 1 aliphatic heterocycles. The van der Waals surface area contributed by atoms with E-state index in [1.165, 1.54) is 0 Å². The predicted molar refractivity (Wildman–Crippen MR) is 95.6 cm³/mol. The highest BCUT2D eigenvalue weighted by molar-refractivity contribution is 5.95. The van der Waals surface area contributed by atoms with Crippen LogP contribution in [-0.2, 0) is 4.79 Å². The highest BCUT2D eigenvalue weighted by atomic mass is 16.5. The summed E-state index contributed by atoms with van der Waals surface area (Å²) in [6, 6.07) is 5.81. The van der Waals surface area contributed by atoms with Crippen LogP contribution in [0.4, 0.5) is 5.69 Å². The minimum absolute atomic E-state index is 0.0977. The molecule has 1 aliphatic carbocycles. The molecule has 1 aromatic heterocycles. The van der Waals surface area contributed by atoms with Crippen LogP contribution in [0.1, 0.15) is 24.2 Å². The third kappa shape index (κ3) is 3.35. The number of carbonyl (C=O) groups excluding carboxylic acids is 1. The van der Waals surface area contributed by atoms with Gasteiger partial charge in [0, 0.05) is 47.2 Å². The minimum Gasteiger partial charge on any atom is -0.487 e. The normalized spacial score (nSPS) is 17.0. The molecule has 0 spiro atoms. The lowest BCUT2D eigenvalue weighted by molar-refractivity contribution is -0.117. The molecule has 1 amide bonds. The summed E-state index contributed by atoms with van der Waals surface area (Å²) in [5.41, 5.74) is 4.47. The van der Waals surface area contributed by atoms with Gasteiger partial charge < -0.3 is 15.4 Å². The second-order valence-electron chi connectivity index (χ2n) is 6.79. The number of ether oxygens (including phenoxy) is 1. The topological polar surface area (TPSA) is 76.1 Å². The number of hydrogen-bond donors (Lipinski definition) is 2. The van der Waals surface area contributed by atoms with Crippen LogP contribution in [0.2, 0.25) is 0 Å². The van der Waals surface area contributed by atoms with Crippen LogP contribution in [0.15, 0.2) is 24.5 Å². The first kappa shape index (κ1) is 16.0. The molecular weight excluding hydrogens is 316 g/mol. The fourth-order valence-corrected chi connectivity index (χ4v) is 3.00. The van der Waals surface area contributed by atoms with Crippen molar-refractivity contribution in [2.45, 2.75) is 32.8 Å². The van der Waals surface area contributed by atoms with Gasteiger partial charge in [0.1, 0.15) is 18.2 Å². The quantitative estimate of drug-likeness (QED) is 0.876. The van der Waals surface area contributed by atoms with Gasteiger partial charge in [0.15, 0.2) is 0 Å². The van der Waals surface area contributed by atoms with E-state index in [-0.39, 0.29) is 17.9 Å². The summed E-state index contributed by atoms with van der Waals surface area (Å²) in [4.78, 5) is 20.8. The molecule has 2 heterocycles. The van der Waals surface area contributed by atoms with Crippen LogP contribution in [0.5, 0.6) is 5.75 Å². The Labute approximate surface area is 147 Å². The van der Waals surface area contributed by atoms with E-state index < -0.39 is 0 Å². The number of hydrogen-bond acceptors (Lipinski definition) is 5. The zero-order valence-corrected chi connectivity index (χ0v) is 14.5. The Bertz CT molecular complexity index is 793. The van der Waals surface area contributed by atoms with Gasteiger partial charge in [-0.15, -0.1) is 0 Å². The molecule has 0 bridgehead atoms. The lowest BCUT2D eigenvalue weighted by Gasteiger charge is -2.29. The largest absolute Gasteiger partial charge is 0.487 e. The first-order valence-electron chi connectivity index (χ1n) is 8.72. The van der Waals surface area contributed by atoms with Crippen LogP contribution in [-0.4, -0.2) is 35.1 Å². The van der Waals surface area contributed by atoms with Gasteiger partial charge in [0.05, 0.1) is 0 Å². The van der Waals surface area contributed by atoms with E-state index in [2.05, 4.69) is 20.6 Å². The van der Waals surface area contributed by atoms with E-state index >= 15 is 0 Å². The molecule has 6 heteroatoms. The maximum absolute atomic E-state index is 12.1. The van der Waals surface area contributed by atoms with Crippen molar-refractivity contribution in [3.8, 4) is 16.9 Å². The van der Waals surface area contributed by atoms with Crippen molar-refractivity contribution in [3.05, 3.63) is 35.9 Å². The van der Waals surface area contributed by atoms with Gasteiger partial charge in [-0.1, -0.05) is 0 Å². The van der Waals surface area contributed by atoms with E-state index in [1.807, 2.05) is 32.0 Å². The van der Waals surface area contributed by atoms with Crippen molar-refractivity contribution in [1.29, 1.82) is 0 Å². The lowest BCUT2D eigenvalue weighted by Crippen LogP contribution is -2.50. The smallest absolute Gasteiger partial charge is 0.227 e. The van der Waals surface area contributed by atoms with Crippen molar-refractivity contribution in [2.24, 2.45) is 5.92 Å². The Kier molecular flexibility index (Phi) is 4.13. The van der Waals surface area contributed by atoms with Gasteiger partial charge in [0.25, 0.3) is 0 Å². The second kappa shape index (κ2) is 6.44. The lowest BCUT2D eigenvalue weighted by atomic mass is 10.0. The molecule has 1 saturated carbocycles. The van der Waals surface area contributed by atoms with Crippen molar-refractivity contribution in [1.82, 2.24) is 15.3 Å². The van der Waals surface area contributed by atoms with Gasteiger partial charge in [-0.2, -0.15) is 0 Å². The minimum atomic E-state index is 0.0977. The maximum Gasteiger partial charge on any atom is 0.227 e. The molecule has 130 valence electrons. The third-order valence-corrected chi connectivity index (χ3v) is 4.73. The average molecular weight is 338 g/mol. The zero-order chi connectivity index (χ0) is 17.4. The van der Waals surface area contributed by atoms with Crippen molar-refractivity contribution in [2.75, 3.05) is 18.4 Å². The monoisotopic (exact) mass is 338 g/mol. The number of nitrogens with zero attached hydrogens (tertiary/aromatic N) is 2. The molecule has 25 heavy (non-hydrogen) atoms. The molecule has 0 atom stereocenters. The number of anilines is 1. The van der Waals surface area contributed by atoms with Gasteiger partial charge in [-0.3, -0.25) is 4.79 Å². The van der Waals surface area contributed by atoms with Crippen LogP contribution < -0.4 is 15.4 Å². The fraction of sp³-hybridized carbons (Fsp3) is 0.421. The van der Waals surface area contributed by atoms with Gasteiger partial charge in [0.2, 0.25) is 5.91 Å². The Morgan fingerprint density at radius 3 is 2.52 bits per heavy atom. The molecule has 1 saturated heterocycles. The van der Waals surface area contributed by atoms with E-state index in [0.717, 1.165) is 59.9 Å². The summed E-state index contributed by atoms with van der Waals surface area (Å²) in [6.07, 6.45) is 3.72. The van der Waals surface area contributed by atoms with Gasteiger partial charge in [-0.25, -0.2) is 9.97 Å². The maximum atomic E-state index is 12.1. The van der Waals surface area contributed by atoms with Crippen LogP contribution in [0, 0.1) is 19.8 Å². The van der Waals surface area contributed by atoms with E-state index in [1.54, 1.807) is 6.33 Å². The molecule has 2 N–H and O–H groups in total. The number of carbonyl (C=O) groups is 1. The van der Waals surface area contributed by atoms with Crippen LogP contribution in [0.3, 0.4) is 0 Å². The van der Waals surface area contributed by atoms with Crippen molar-refractivity contribution in [3.63, 3.8) is 0 Å². The summed E-state index contributed by atoms with van der Waals surface area (Å²) >= 11 is 0. The first-order valence-corrected chi connectivity index (χ1v) is 8.72. The van der Waals surface area contributed by atoms with Crippen LogP contribution in [0.25, 0.3) is 11.1 Å². The fourth-order valence-electron chi connectivity index (χ4n) is 3.00. The number of rotatable bonds is 5. The Balaban J connectivity index is 1.72. The number of nitrogens with one attached hydrogen (secondary N) is 2. The van der Waals surface area contributed by atoms with E-state index in [4.69, 9.17) is 4.74 Å². The molecule has 1 aromatic carbocycles. The second-order valence-corrected chi connectivity index (χ2v) is 6.79. The Morgan fingerprint density at radius 2 is 1.92 bits per heavy atom. The summed E-state index contributed by atoms with van der Waals surface area (Å²) < 4.78 is 6.13. The van der Waals surface area contributed by atoms with E-state index in [9.17, 15) is 4.79 Å². The first-order chi connectivity index (χ1) is 12.1. The zero-order valence-electron chi connectivity index (χ0n) is 14.5. The molecule has 6 nitrogen and oxygen atoms in total. The molecule has 2 aromatic rings. The highest BCUT2D eigenvalue weighted by Gasteiger charge is 2.30. The molecule has 0 unspecified atom stereocenters. The molecular formula is C19H22N4O2.